The summed E-state index contributed by atoms with van der Waals surface area (Å²) in [5.74, 6) is 2.62. The van der Waals surface area contributed by atoms with Gasteiger partial charge in [0, 0.05) is 48.2 Å². The molecule has 5 heteroatoms. The highest BCUT2D eigenvalue weighted by Gasteiger charge is 2.32. The molecule has 0 bridgehead atoms. The summed E-state index contributed by atoms with van der Waals surface area (Å²) in [4.78, 5) is 26.5. The van der Waals surface area contributed by atoms with Crippen molar-refractivity contribution < 1.29 is 14.0 Å². The number of carbonyl (C=O) groups is 2. The Morgan fingerprint density at radius 2 is 1.93 bits per heavy atom. The molecular weight excluding hydrogens is 340 g/mol. The van der Waals surface area contributed by atoms with Gasteiger partial charge in [-0.1, -0.05) is 18.6 Å². The van der Waals surface area contributed by atoms with E-state index in [1.807, 2.05) is 29.2 Å². The van der Waals surface area contributed by atoms with Gasteiger partial charge < -0.3 is 14.6 Å². The molecular formula is C22H24N2O3. The van der Waals surface area contributed by atoms with Crippen LogP contribution in [0.2, 0.25) is 0 Å². The standard InChI is InChI=1S/C22H24N2O3/c25-21(14-7-8-14)23-18-6-2-5-16(11-18)20-12-17-13-24(10-9-19(17)27-20)22(26)15-3-1-4-15/h2,5-6,11-12,14-15H,1,3-4,7-10,13H2,(H,23,25). The van der Waals surface area contributed by atoms with Crippen molar-refractivity contribution >= 4 is 17.5 Å². The summed E-state index contributed by atoms with van der Waals surface area (Å²) in [6.45, 7) is 1.39. The molecule has 3 aliphatic rings. The monoisotopic (exact) mass is 364 g/mol. The van der Waals surface area contributed by atoms with Crippen LogP contribution in [0.15, 0.2) is 34.7 Å². The fourth-order valence-corrected chi connectivity index (χ4v) is 3.92. The van der Waals surface area contributed by atoms with Crippen molar-refractivity contribution in [2.75, 3.05) is 11.9 Å². The van der Waals surface area contributed by atoms with Crippen LogP contribution in [0.4, 0.5) is 5.69 Å². The lowest BCUT2D eigenvalue weighted by molar-refractivity contribution is -0.139. The Balaban J connectivity index is 1.33. The Morgan fingerprint density at radius 3 is 2.67 bits per heavy atom. The van der Waals surface area contributed by atoms with Crippen molar-refractivity contribution in [2.24, 2.45) is 11.8 Å². The molecule has 5 rings (SSSR count). The molecule has 2 fully saturated rings. The van der Waals surface area contributed by atoms with Gasteiger partial charge in [0.1, 0.15) is 11.5 Å². The number of fused-ring (bicyclic) bond motifs is 1. The van der Waals surface area contributed by atoms with E-state index in [2.05, 4.69) is 11.4 Å². The number of amides is 2. The Hall–Kier alpha value is -2.56. The Labute approximate surface area is 158 Å². The normalized spacial score (nSPS) is 19.3. The van der Waals surface area contributed by atoms with E-state index in [0.717, 1.165) is 67.0 Å². The van der Waals surface area contributed by atoms with Crippen LogP contribution in [0.25, 0.3) is 11.3 Å². The molecule has 1 N–H and O–H groups in total. The molecule has 0 atom stereocenters. The second kappa shape index (κ2) is 6.55. The van der Waals surface area contributed by atoms with Crippen molar-refractivity contribution in [1.82, 2.24) is 4.90 Å². The fraction of sp³-hybridized carbons (Fsp3) is 0.455. The minimum Gasteiger partial charge on any atom is -0.461 e. The average Bonchev–Trinajstić information content (AvgIpc) is 3.39. The number of nitrogens with one attached hydrogen (secondary N) is 1. The van der Waals surface area contributed by atoms with Crippen molar-refractivity contribution in [3.63, 3.8) is 0 Å². The summed E-state index contributed by atoms with van der Waals surface area (Å²) < 4.78 is 6.09. The maximum absolute atomic E-state index is 12.5. The highest BCUT2D eigenvalue weighted by Crippen LogP contribution is 2.34. The zero-order chi connectivity index (χ0) is 18.4. The van der Waals surface area contributed by atoms with Crippen LogP contribution in [0.1, 0.15) is 43.4 Å². The molecule has 2 aliphatic carbocycles. The van der Waals surface area contributed by atoms with Gasteiger partial charge in [0.25, 0.3) is 0 Å². The van der Waals surface area contributed by atoms with Crippen molar-refractivity contribution in [3.05, 3.63) is 41.7 Å². The lowest BCUT2D eigenvalue weighted by Gasteiger charge is -2.33. The summed E-state index contributed by atoms with van der Waals surface area (Å²) in [5.41, 5.74) is 2.87. The van der Waals surface area contributed by atoms with E-state index in [4.69, 9.17) is 4.42 Å². The zero-order valence-corrected chi connectivity index (χ0v) is 15.4. The number of carbonyl (C=O) groups excluding carboxylic acids is 2. The minimum atomic E-state index is 0.107. The summed E-state index contributed by atoms with van der Waals surface area (Å²) in [6, 6.07) is 9.85. The van der Waals surface area contributed by atoms with Crippen molar-refractivity contribution in [3.8, 4) is 11.3 Å². The van der Waals surface area contributed by atoms with Gasteiger partial charge >= 0.3 is 0 Å². The molecule has 5 nitrogen and oxygen atoms in total. The molecule has 2 aromatic rings. The molecule has 0 radical (unpaired) electrons. The van der Waals surface area contributed by atoms with E-state index in [9.17, 15) is 9.59 Å². The van der Waals surface area contributed by atoms with Gasteiger partial charge in [-0.2, -0.15) is 0 Å². The summed E-state index contributed by atoms with van der Waals surface area (Å²) in [5, 5.41) is 2.99. The van der Waals surface area contributed by atoms with E-state index in [-0.39, 0.29) is 17.7 Å². The van der Waals surface area contributed by atoms with Gasteiger partial charge in [0.2, 0.25) is 11.8 Å². The highest BCUT2D eigenvalue weighted by atomic mass is 16.3. The van der Waals surface area contributed by atoms with Gasteiger partial charge in [-0.15, -0.1) is 0 Å². The van der Waals surface area contributed by atoms with Crippen LogP contribution < -0.4 is 5.32 Å². The first-order valence-corrected chi connectivity index (χ1v) is 9.99. The number of rotatable bonds is 4. The lowest BCUT2D eigenvalue weighted by atomic mass is 9.84. The van der Waals surface area contributed by atoms with Crippen LogP contribution >= 0.6 is 0 Å². The Bertz CT molecular complexity index is 893. The zero-order valence-electron chi connectivity index (χ0n) is 15.4. The largest absolute Gasteiger partial charge is 0.461 e. The number of hydrogen-bond acceptors (Lipinski definition) is 3. The molecule has 2 saturated carbocycles. The summed E-state index contributed by atoms with van der Waals surface area (Å²) in [7, 11) is 0. The van der Waals surface area contributed by atoms with E-state index < -0.39 is 0 Å². The molecule has 2 amide bonds. The fourth-order valence-electron chi connectivity index (χ4n) is 3.92. The second-order valence-electron chi connectivity index (χ2n) is 8.04. The SMILES string of the molecule is O=C(Nc1cccc(-c2cc3c(o2)CCN(C(=O)C2CCC2)C3)c1)C1CC1. The molecule has 0 unspecified atom stereocenters. The topological polar surface area (TPSA) is 62.6 Å². The maximum Gasteiger partial charge on any atom is 0.227 e. The van der Waals surface area contributed by atoms with Gasteiger partial charge in [-0.25, -0.2) is 0 Å². The van der Waals surface area contributed by atoms with E-state index in [0.29, 0.717) is 12.5 Å². The molecule has 140 valence electrons. The third kappa shape index (κ3) is 3.27. The number of benzene rings is 1. The number of anilines is 1. The third-order valence-electron chi connectivity index (χ3n) is 6.00. The van der Waals surface area contributed by atoms with Crippen molar-refractivity contribution in [1.29, 1.82) is 0 Å². The van der Waals surface area contributed by atoms with E-state index in [1.54, 1.807) is 0 Å². The lowest BCUT2D eigenvalue weighted by Crippen LogP contribution is -2.41. The molecule has 2 heterocycles. The van der Waals surface area contributed by atoms with Gasteiger partial charge in [0.05, 0.1) is 0 Å². The Morgan fingerprint density at radius 1 is 1.07 bits per heavy atom. The second-order valence-corrected chi connectivity index (χ2v) is 8.04. The molecule has 27 heavy (non-hydrogen) atoms. The van der Waals surface area contributed by atoms with Crippen molar-refractivity contribution in [2.45, 2.75) is 45.1 Å². The summed E-state index contributed by atoms with van der Waals surface area (Å²) in [6.07, 6.45) is 6.01. The van der Waals surface area contributed by atoms with E-state index >= 15 is 0 Å². The average molecular weight is 364 g/mol. The van der Waals surface area contributed by atoms with Gasteiger partial charge in [-0.3, -0.25) is 9.59 Å². The molecule has 1 aromatic carbocycles. The summed E-state index contributed by atoms with van der Waals surface area (Å²) >= 11 is 0. The quantitative estimate of drug-likeness (QED) is 0.893. The first-order valence-electron chi connectivity index (χ1n) is 9.99. The predicted molar refractivity (Wildman–Crippen MR) is 102 cm³/mol. The molecule has 1 aromatic heterocycles. The van der Waals surface area contributed by atoms with Crippen LogP contribution in [0.5, 0.6) is 0 Å². The number of hydrogen-bond donors (Lipinski definition) is 1. The minimum absolute atomic E-state index is 0.107. The first-order chi connectivity index (χ1) is 13.2. The van der Waals surface area contributed by atoms with E-state index in [1.165, 1.54) is 6.42 Å². The van der Waals surface area contributed by atoms with Crippen LogP contribution in [0, 0.1) is 11.8 Å². The smallest absolute Gasteiger partial charge is 0.227 e. The Kier molecular flexibility index (Phi) is 4.03. The van der Waals surface area contributed by atoms with Gasteiger partial charge in [0.15, 0.2) is 0 Å². The van der Waals surface area contributed by atoms with Gasteiger partial charge in [-0.05, 0) is 43.9 Å². The predicted octanol–water partition coefficient (Wildman–Crippen LogP) is 3.98. The van der Waals surface area contributed by atoms with Crippen LogP contribution in [-0.4, -0.2) is 23.3 Å². The highest BCUT2D eigenvalue weighted by molar-refractivity contribution is 5.94. The van der Waals surface area contributed by atoms with Crippen LogP contribution in [0.3, 0.4) is 0 Å². The first kappa shape index (κ1) is 16.6. The molecule has 0 saturated heterocycles. The van der Waals surface area contributed by atoms with Crippen LogP contribution in [-0.2, 0) is 22.6 Å². The maximum atomic E-state index is 12.5. The number of furan rings is 1. The molecule has 1 aliphatic heterocycles. The third-order valence-corrected chi connectivity index (χ3v) is 6.00. The number of nitrogens with zero attached hydrogens (tertiary/aromatic N) is 1. The molecule has 0 spiro atoms.